The van der Waals surface area contributed by atoms with Crippen molar-refractivity contribution in [2.24, 2.45) is 0 Å². The van der Waals surface area contributed by atoms with Crippen molar-refractivity contribution >= 4 is 27.7 Å². The van der Waals surface area contributed by atoms with E-state index in [0.29, 0.717) is 32.6 Å². The zero-order valence-corrected chi connectivity index (χ0v) is 15.0. The number of nitrogens with one attached hydrogen (secondary N) is 2. The molecule has 24 heavy (non-hydrogen) atoms. The highest BCUT2D eigenvalue weighted by Gasteiger charge is 2.40. The van der Waals surface area contributed by atoms with Crippen molar-refractivity contribution < 1.29 is 13.2 Å². The van der Waals surface area contributed by atoms with Crippen molar-refractivity contribution in [3.05, 3.63) is 30.1 Å². The molecule has 2 N–H and O–H groups in total. The van der Waals surface area contributed by atoms with Gasteiger partial charge in [0.2, 0.25) is 15.9 Å². The molecule has 1 aromatic heterocycles. The molecule has 1 amide bonds. The van der Waals surface area contributed by atoms with E-state index < -0.39 is 21.3 Å². The quantitative estimate of drug-likeness (QED) is 0.746. The molecule has 0 saturated carbocycles. The van der Waals surface area contributed by atoms with Gasteiger partial charge in [-0.05, 0) is 18.6 Å². The van der Waals surface area contributed by atoms with Crippen LogP contribution in [0.3, 0.4) is 0 Å². The Morgan fingerprint density at radius 1 is 1.38 bits per heavy atom. The maximum Gasteiger partial charge on any atom is 0.237 e. The smallest absolute Gasteiger partial charge is 0.237 e. The van der Waals surface area contributed by atoms with E-state index in [0.717, 1.165) is 17.2 Å². The summed E-state index contributed by atoms with van der Waals surface area (Å²) in [7, 11) is -3.33. The first-order valence-corrected chi connectivity index (χ1v) is 10.7. The highest BCUT2D eigenvalue weighted by molar-refractivity contribution is 7.99. The lowest BCUT2D eigenvalue weighted by atomic mass is 10.2. The van der Waals surface area contributed by atoms with Gasteiger partial charge in [-0.25, -0.2) is 8.42 Å². The molecule has 132 valence electrons. The second-order valence-electron chi connectivity index (χ2n) is 5.91. The molecule has 0 bridgehead atoms. The molecule has 2 saturated heterocycles. The summed E-state index contributed by atoms with van der Waals surface area (Å²) in [6, 6.07) is 5.05. The Bertz CT molecular complexity index is 663. The fourth-order valence-electron chi connectivity index (χ4n) is 2.95. The summed E-state index contributed by atoms with van der Waals surface area (Å²) >= 11 is 1.78. The number of pyridine rings is 1. The van der Waals surface area contributed by atoms with Gasteiger partial charge in [0, 0.05) is 37.3 Å². The molecule has 2 aliphatic rings. The Kier molecular flexibility index (Phi) is 5.75. The van der Waals surface area contributed by atoms with E-state index in [1.54, 1.807) is 22.3 Å². The van der Waals surface area contributed by atoms with Crippen LogP contribution in [0.1, 0.15) is 12.1 Å². The number of nitrogens with zero attached hydrogens (tertiary/aromatic N) is 2. The number of rotatable bonds is 5. The Labute approximate surface area is 146 Å². The first-order valence-electron chi connectivity index (χ1n) is 8.05. The van der Waals surface area contributed by atoms with Crippen LogP contribution >= 0.6 is 11.8 Å². The standard InChI is InChI=1S/C15H22N4O3S2/c20-15(18-10-12-3-1-2-4-16-12)14-9-13(11-17-14)24(21,22)19-5-7-23-8-6-19/h1-4,13-14,17H,5-11H2,(H,18,20). The number of hydrogen-bond acceptors (Lipinski definition) is 6. The molecule has 3 heterocycles. The van der Waals surface area contributed by atoms with Crippen LogP contribution in [0.4, 0.5) is 0 Å². The molecule has 0 aromatic carbocycles. The fourth-order valence-corrected chi connectivity index (χ4v) is 5.94. The van der Waals surface area contributed by atoms with Crippen LogP contribution in [0.2, 0.25) is 0 Å². The molecular weight excluding hydrogens is 348 g/mol. The Hall–Kier alpha value is -1.16. The fraction of sp³-hybridized carbons (Fsp3) is 0.600. The normalized spacial score (nSPS) is 25.5. The molecule has 3 rings (SSSR count). The summed E-state index contributed by atoms with van der Waals surface area (Å²) in [6.07, 6.45) is 1.99. The number of carbonyl (C=O) groups is 1. The number of amides is 1. The second kappa shape index (κ2) is 7.81. The third-order valence-corrected chi connectivity index (χ3v) is 7.56. The van der Waals surface area contributed by atoms with Gasteiger partial charge in [-0.1, -0.05) is 6.07 Å². The molecule has 2 aliphatic heterocycles. The minimum atomic E-state index is -3.33. The summed E-state index contributed by atoms with van der Waals surface area (Å²) in [6.45, 7) is 1.81. The van der Waals surface area contributed by atoms with Crippen molar-refractivity contribution in [1.29, 1.82) is 0 Å². The highest BCUT2D eigenvalue weighted by atomic mass is 32.2. The maximum atomic E-state index is 12.7. The predicted molar refractivity (Wildman–Crippen MR) is 94.1 cm³/mol. The summed E-state index contributed by atoms with van der Waals surface area (Å²) in [5, 5.41) is 5.34. The van der Waals surface area contributed by atoms with Crippen molar-refractivity contribution in [2.45, 2.75) is 24.3 Å². The van der Waals surface area contributed by atoms with Crippen molar-refractivity contribution in [3.8, 4) is 0 Å². The Balaban J connectivity index is 1.53. The van der Waals surface area contributed by atoms with Crippen LogP contribution in [0.5, 0.6) is 0 Å². The lowest BCUT2D eigenvalue weighted by molar-refractivity contribution is -0.122. The summed E-state index contributed by atoms with van der Waals surface area (Å²) in [5.41, 5.74) is 0.777. The third-order valence-electron chi connectivity index (χ3n) is 4.33. The van der Waals surface area contributed by atoms with Crippen LogP contribution in [0.15, 0.2) is 24.4 Å². The molecule has 0 radical (unpaired) electrons. The van der Waals surface area contributed by atoms with Crippen LogP contribution < -0.4 is 10.6 Å². The summed E-state index contributed by atoms with van der Waals surface area (Å²) in [4.78, 5) is 16.4. The number of sulfonamides is 1. The minimum Gasteiger partial charge on any atom is -0.349 e. The Morgan fingerprint density at radius 2 is 2.17 bits per heavy atom. The van der Waals surface area contributed by atoms with Gasteiger partial charge in [0.1, 0.15) is 0 Å². The van der Waals surface area contributed by atoms with Gasteiger partial charge in [-0.15, -0.1) is 0 Å². The zero-order chi connectivity index (χ0) is 17.0. The highest BCUT2D eigenvalue weighted by Crippen LogP contribution is 2.22. The molecular formula is C15H22N4O3S2. The number of aromatic nitrogens is 1. The van der Waals surface area contributed by atoms with Crippen LogP contribution in [-0.2, 0) is 21.4 Å². The monoisotopic (exact) mass is 370 g/mol. The SMILES string of the molecule is O=C(NCc1ccccn1)C1CC(S(=O)(=O)N2CCSCC2)CN1. The molecule has 2 atom stereocenters. The largest absolute Gasteiger partial charge is 0.349 e. The lowest BCUT2D eigenvalue weighted by Gasteiger charge is -2.28. The van der Waals surface area contributed by atoms with E-state index in [-0.39, 0.29) is 5.91 Å². The predicted octanol–water partition coefficient (Wildman–Crippen LogP) is -0.193. The number of hydrogen-bond donors (Lipinski definition) is 2. The number of thioether (sulfide) groups is 1. The lowest BCUT2D eigenvalue weighted by Crippen LogP contribution is -2.44. The van der Waals surface area contributed by atoms with E-state index >= 15 is 0 Å². The van der Waals surface area contributed by atoms with Crippen LogP contribution in [0.25, 0.3) is 0 Å². The average Bonchev–Trinajstić information content (AvgIpc) is 3.12. The zero-order valence-electron chi connectivity index (χ0n) is 13.3. The molecule has 2 unspecified atom stereocenters. The Morgan fingerprint density at radius 3 is 2.88 bits per heavy atom. The molecule has 7 nitrogen and oxygen atoms in total. The summed E-state index contributed by atoms with van der Waals surface area (Å²) < 4.78 is 26.9. The van der Waals surface area contributed by atoms with Crippen molar-refractivity contribution in [2.75, 3.05) is 31.1 Å². The van der Waals surface area contributed by atoms with Crippen molar-refractivity contribution in [1.82, 2.24) is 19.9 Å². The van der Waals surface area contributed by atoms with Gasteiger partial charge in [-0.2, -0.15) is 16.1 Å². The third kappa shape index (κ3) is 4.08. The van der Waals surface area contributed by atoms with Crippen LogP contribution in [-0.4, -0.2) is 66.0 Å². The van der Waals surface area contributed by atoms with E-state index in [1.807, 2.05) is 18.2 Å². The average molecular weight is 371 g/mol. The second-order valence-corrected chi connectivity index (χ2v) is 9.35. The van der Waals surface area contributed by atoms with Crippen LogP contribution in [0, 0.1) is 0 Å². The molecule has 0 aliphatic carbocycles. The summed E-state index contributed by atoms with van der Waals surface area (Å²) in [5.74, 6) is 1.51. The van der Waals surface area contributed by atoms with E-state index in [1.165, 1.54) is 0 Å². The first-order chi connectivity index (χ1) is 11.6. The molecule has 2 fully saturated rings. The number of carbonyl (C=O) groups excluding carboxylic acids is 1. The van der Waals surface area contributed by atoms with Crippen molar-refractivity contribution in [3.63, 3.8) is 0 Å². The molecule has 0 spiro atoms. The van der Waals surface area contributed by atoms with Gasteiger partial charge in [0.25, 0.3) is 0 Å². The maximum absolute atomic E-state index is 12.7. The topological polar surface area (TPSA) is 91.4 Å². The van der Waals surface area contributed by atoms with E-state index in [2.05, 4.69) is 15.6 Å². The molecule has 9 heteroatoms. The van der Waals surface area contributed by atoms with Gasteiger partial charge >= 0.3 is 0 Å². The first kappa shape index (κ1) is 17.7. The van der Waals surface area contributed by atoms with E-state index in [9.17, 15) is 13.2 Å². The molecule has 1 aromatic rings. The van der Waals surface area contributed by atoms with Gasteiger partial charge in [0.05, 0.1) is 23.5 Å². The minimum absolute atomic E-state index is 0.174. The van der Waals surface area contributed by atoms with E-state index in [4.69, 9.17) is 0 Å². The van der Waals surface area contributed by atoms with Gasteiger partial charge in [-0.3, -0.25) is 9.78 Å². The van der Waals surface area contributed by atoms with Gasteiger partial charge in [0.15, 0.2) is 0 Å². The van der Waals surface area contributed by atoms with Gasteiger partial charge < -0.3 is 10.6 Å².